The van der Waals surface area contributed by atoms with Gasteiger partial charge >= 0.3 is 0 Å². The largest absolute Gasteiger partial charge is 0.347 e. The maximum Gasteiger partial charge on any atom is 0.251 e. The van der Waals surface area contributed by atoms with E-state index in [0.29, 0.717) is 25.3 Å². The van der Waals surface area contributed by atoms with Gasteiger partial charge in [0.1, 0.15) is 0 Å². The molecule has 98 valence electrons. The van der Waals surface area contributed by atoms with Crippen LogP contribution in [-0.4, -0.2) is 31.5 Å². The minimum absolute atomic E-state index is 0.111. The summed E-state index contributed by atoms with van der Waals surface area (Å²) in [6.45, 7) is 5.23. The molecule has 0 radical (unpaired) electrons. The van der Waals surface area contributed by atoms with Gasteiger partial charge in [0.2, 0.25) is 0 Å². The zero-order valence-electron chi connectivity index (χ0n) is 10.5. The summed E-state index contributed by atoms with van der Waals surface area (Å²) in [5.74, 6) is -0.806. The van der Waals surface area contributed by atoms with Crippen molar-refractivity contribution in [1.29, 1.82) is 0 Å². The number of halogens is 1. The Morgan fingerprint density at radius 1 is 1.44 bits per heavy atom. The topological polar surface area (TPSA) is 47.6 Å². The fourth-order valence-corrected chi connectivity index (χ4v) is 2.35. The van der Waals surface area contributed by atoms with Gasteiger partial charge in [-0.2, -0.15) is 0 Å². The molecule has 5 heteroatoms. The third kappa shape index (κ3) is 3.10. The monoisotopic (exact) mass is 313 g/mol. The molecule has 18 heavy (non-hydrogen) atoms. The molecule has 1 N–H and O–H groups in total. The molecule has 1 amide bonds. The van der Waals surface area contributed by atoms with Crippen molar-refractivity contribution in [2.45, 2.75) is 19.6 Å². The molecule has 0 bridgehead atoms. The molecular formula is C13H16BrNO3. The third-order valence-corrected chi connectivity index (χ3v) is 3.39. The van der Waals surface area contributed by atoms with Gasteiger partial charge in [0.25, 0.3) is 5.91 Å². The Hall–Kier alpha value is -0.910. The zero-order chi connectivity index (χ0) is 13.2. The second-order valence-electron chi connectivity index (χ2n) is 4.47. The smallest absolute Gasteiger partial charge is 0.251 e. The maximum absolute atomic E-state index is 12.0. The SMILES string of the molecule is Cc1cc(Br)ccc1C(=O)NCC1(C)OCCO1. The molecule has 1 aromatic rings. The van der Waals surface area contributed by atoms with Crippen LogP contribution in [0, 0.1) is 6.92 Å². The molecule has 0 aliphatic carbocycles. The molecule has 4 nitrogen and oxygen atoms in total. The van der Waals surface area contributed by atoms with Gasteiger partial charge in [0, 0.05) is 10.0 Å². The highest BCUT2D eigenvalue weighted by atomic mass is 79.9. The Morgan fingerprint density at radius 3 is 2.72 bits per heavy atom. The van der Waals surface area contributed by atoms with Crippen LogP contribution < -0.4 is 5.32 Å². The number of amides is 1. The van der Waals surface area contributed by atoms with E-state index in [1.807, 2.05) is 26.0 Å². The number of hydrogen-bond acceptors (Lipinski definition) is 3. The summed E-state index contributed by atoms with van der Waals surface area (Å²) in [6, 6.07) is 5.57. The molecule has 0 spiro atoms. The number of carbonyl (C=O) groups is 1. The Bertz CT molecular complexity index is 456. The molecule has 1 aliphatic rings. The number of aryl methyl sites for hydroxylation is 1. The van der Waals surface area contributed by atoms with Crippen LogP contribution in [0.15, 0.2) is 22.7 Å². The Labute approximate surface area is 115 Å². The van der Waals surface area contributed by atoms with Crippen LogP contribution in [0.2, 0.25) is 0 Å². The number of nitrogens with one attached hydrogen (secondary N) is 1. The van der Waals surface area contributed by atoms with E-state index < -0.39 is 5.79 Å². The van der Waals surface area contributed by atoms with Gasteiger partial charge in [-0.1, -0.05) is 15.9 Å². The molecule has 0 aromatic heterocycles. The van der Waals surface area contributed by atoms with Gasteiger partial charge in [-0.3, -0.25) is 4.79 Å². The first kappa shape index (κ1) is 13.5. The van der Waals surface area contributed by atoms with Crippen LogP contribution in [0.3, 0.4) is 0 Å². The summed E-state index contributed by atoms with van der Waals surface area (Å²) in [5, 5.41) is 2.84. The van der Waals surface area contributed by atoms with E-state index in [-0.39, 0.29) is 5.91 Å². The quantitative estimate of drug-likeness (QED) is 0.931. The molecule has 0 atom stereocenters. The van der Waals surface area contributed by atoms with Crippen molar-refractivity contribution in [3.63, 3.8) is 0 Å². The second-order valence-corrected chi connectivity index (χ2v) is 5.39. The highest BCUT2D eigenvalue weighted by Crippen LogP contribution is 2.18. The zero-order valence-corrected chi connectivity index (χ0v) is 12.0. The van der Waals surface area contributed by atoms with Crippen molar-refractivity contribution in [3.05, 3.63) is 33.8 Å². The van der Waals surface area contributed by atoms with Crippen LogP contribution in [0.5, 0.6) is 0 Å². The van der Waals surface area contributed by atoms with Crippen LogP contribution in [-0.2, 0) is 9.47 Å². The number of benzene rings is 1. The third-order valence-electron chi connectivity index (χ3n) is 2.90. The number of hydrogen-bond donors (Lipinski definition) is 1. The van der Waals surface area contributed by atoms with Crippen LogP contribution in [0.4, 0.5) is 0 Å². The van der Waals surface area contributed by atoms with Gasteiger partial charge in [-0.05, 0) is 37.6 Å². The van der Waals surface area contributed by atoms with Crippen molar-refractivity contribution in [2.24, 2.45) is 0 Å². The van der Waals surface area contributed by atoms with E-state index in [4.69, 9.17) is 9.47 Å². The van der Waals surface area contributed by atoms with Crippen LogP contribution in [0.25, 0.3) is 0 Å². The lowest BCUT2D eigenvalue weighted by atomic mass is 10.1. The average Bonchev–Trinajstić information content (AvgIpc) is 2.74. The highest BCUT2D eigenvalue weighted by molar-refractivity contribution is 9.10. The van der Waals surface area contributed by atoms with Gasteiger partial charge in [0.05, 0.1) is 19.8 Å². The lowest BCUT2D eigenvalue weighted by molar-refractivity contribution is -0.136. The van der Waals surface area contributed by atoms with E-state index in [1.54, 1.807) is 6.07 Å². The Kier molecular flexibility index (Phi) is 4.04. The molecule has 0 unspecified atom stereocenters. The van der Waals surface area contributed by atoms with Crippen molar-refractivity contribution >= 4 is 21.8 Å². The molecule has 1 aromatic carbocycles. The van der Waals surface area contributed by atoms with E-state index in [0.717, 1.165) is 10.0 Å². The summed E-state index contributed by atoms with van der Waals surface area (Å²) in [4.78, 5) is 12.0. The lowest BCUT2D eigenvalue weighted by Crippen LogP contribution is -2.41. The van der Waals surface area contributed by atoms with E-state index in [2.05, 4.69) is 21.2 Å². The Balaban J connectivity index is 1.99. The first-order valence-electron chi connectivity index (χ1n) is 5.82. The number of carbonyl (C=O) groups excluding carboxylic acids is 1. The summed E-state index contributed by atoms with van der Waals surface area (Å²) in [6.07, 6.45) is 0. The fraction of sp³-hybridized carbons (Fsp3) is 0.462. The first-order valence-corrected chi connectivity index (χ1v) is 6.62. The summed E-state index contributed by atoms with van der Waals surface area (Å²) in [5.41, 5.74) is 1.60. The molecular weight excluding hydrogens is 298 g/mol. The second kappa shape index (κ2) is 5.38. The molecule has 2 rings (SSSR count). The van der Waals surface area contributed by atoms with Gasteiger partial charge in [-0.25, -0.2) is 0 Å². The first-order chi connectivity index (χ1) is 8.50. The fourth-order valence-electron chi connectivity index (χ4n) is 1.88. The predicted octanol–water partition coefficient (Wildman–Crippen LogP) is 2.25. The molecule has 1 saturated heterocycles. The standard InChI is InChI=1S/C13H16BrNO3/c1-9-7-10(14)3-4-11(9)12(16)15-8-13(2)17-5-6-18-13/h3-4,7H,5-6,8H2,1-2H3,(H,15,16). The predicted molar refractivity (Wildman–Crippen MR) is 71.5 cm³/mol. The Morgan fingerprint density at radius 2 is 2.11 bits per heavy atom. The van der Waals surface area contributed by atoms with E-state index in [9.17, 15) is 4.79 Å². The molecule has 1 fully saturated rings. The number of ether oxygens (including phenoxy) is 2. The van der Waals surface area contributed by atoms with E-state index in [1.165, 1.54) is 0 Å². The van der Waals surface area contributed by atoms with Crippen LogP contribution in [0.1, 0.15) is 22.8 Å². The number of rotatable bonds is 3. The van der Waals surface area contributed by atoms with Gasteiger partial charge in [-0.15, -0.1) is 0 Å². The average molecular weight is 314 g/mol. The van der Waals surface area contributed by atoms with Crippen molar-refractivity contribution < 1.29 is 14.3 Å². The minimum atomic E-state index is -0.696. The summed E-state index contributed by atoms with van der Waals surface area (Å²) in [7, 11) is 0. The molecule has 1 aliphatic heterocycles. The normalized spacial score (nSPS) is 17.7. The molecule has 0 saturated carbocycles. The summed E-state index contributed by atoms with van der Waals surface area (Å²) >= 11 is 3.38. The maximum atomic E-state index is 12.0. The van der Waals surface area contributed by atoms with Gasteiger partial charge < -0.3 is 14.8 Å². The van der Waals surface area contributed by atoms with Crippen molar-refractivity contribution in [3.8, 4) is 0 Å². The van der Waals surface area contributed by atoms with Gasteiger partial charge in [0.15, 0.2) is 5.79 Å². The molecule has 1 heterocycles. The summed E-state index contributed by atoms with van der Waals surface area (Å²) < 4.78 is 11.8. The van der Waals surface area contributed by atoms with Crippen molar-refractivity contribution in [1.82, 2.24) is 5.32 Å². The van der Waals surface area contributed by atoms with Crippen molar-refractivity contribution in [2.75, 3.05) is 19.8 Å². The lowest BCUT2D eigenvalue weighted by Gasteiger charge is -2.22. The van der Waals surface area contributed by atoms with E-state index >= 15 is 0 Å². The van der Waals surface area contributed by atoms with Crippen LogP contribution >= 0.6 is 15.9 Å². The minimum Gasteiger partial charge on any atom is -0.347 e. The highest BCUT2D eigenvalue weighted by Gasteiger charge is 2.31.